The Balaban J connectivity index is 2.21. The molecule has 1 saturated heterocycles. The summed E-state index contributed by atoms with van der Waals surface area (Å²) >= 11 is 0. The molecule has 1 aromatic heterocycles. The van der Waals surface area contributed by atoms with Gasteiger partial charge in [-0.3, -0.25) is 23.7 Å². The van der Waals surface area contributed by atoms with Gasteiger partial charge < -0.3 is 34.5 Å². The van der Waals surface area contributed by atoms with Crippen LogP contribution in [0.25, 0.3) is 0 Å². The fourth-order valence-electron chi connectivity index (χ4n) is 2.34. The highest BCUT2D eigenvalue weighted by Gasteiger charge is 2.57. The molecule has 2 rings (SSSR count). The van der Waals surface area contributed by atoms with Crippen molar-refractivity contribution >= 4 is 29.8 Å². The molecule has 7 N–H and O–H groups in total. The van der Waals surface area contributed by atoms with Crippen molar-refractivity contribution < 1.29 is 70.5 Å². The number of carbonyl (C=O) groups is 1. The number of carbonyl (C=O) groups excluding carboxylic acids is 1. The molecule has 0 saturated carbocycles. The normalized spacial score (nSPS) is 29.9. The molecule has 1 fully saturated rings. The molecule has 182 valence electrons. The number of nitrogens with zero attached hydrogens (tertiary/aromatic N) is 1. The topological polar surface area (TPSA) is 281 Å². The Kier molecular flexibility index (Phi) is 7.61. The molecule has 0 amide bonds. The van der Waals surface area contributed by atoms with Crippen molar-refractivity contribution in [3.8, 4) is 0 Å². The lowest BCUT2D eigenvalue weighted by Gasteiger charge is -2.24. The van der Waals surface area contributed by atoms with Gasteiger partial charge in [0.25, 0.3) is 11.4 Å². The van der Waals surface area contributed by atoms with Crippen LogP contribution in [-0.2, 0) is 31.6 Å². The van der Waals surface area contributed by atoms with E-state index < -0.39 is 71.2 Å². The number of halogens is 1. The molecule has 32 heavy (non-hydrogen) atoms. The maximum Gasteiger partial charge on any atom is 0.490 e. The maximum atomic E-state index is 14.9. The average molecular weight is 530 g/mol. The molecule has 1 aromatic rings. The maximum absolute atomic E-state index is 14.9. The van der Waals surface area contributed by atoms with Gasteiger partial charge in [0.15, 0.2) is 12.5 Å². The van der Waals surface area contributed by atoms with Crippen LogP contribution in [0, 0.1) is 0 Å². The number of phosphoric acid groups is 3. The Hall–Kier alpha value is -1.43. The Labute approximate surface area is 174 Å². The summed E-state index contributed by atoms with van der Waals surface area (Å²) < 4.78 is 64.2. The molecule has 2 heterocycles. The van der Waals surface area contributed by atoms with Crippen molar-refractivity contribution in [2.75, 3.05) is 6.61 Å². The van der Waals surface area contributed by atoms with Crippen LogP contribution in [0.4, 0.5) is 4.39 Å². The fourth-order valence-corrected chi connectivity index (χ4v) is 5.37. The van der Waals surface area contributed by atoms with Crippen LogP contribution < -0.4 is 11.2 Å². The van der Waals surface area contributed by atoms with Crippen LogP contribution in [0.1, 0.15) is 16.6 Å². The van der Waals surface area contributed by atoms with Crippen molar-refractivity contribution in [1.29, 1.82) is 0 Å². The molecule has 0 aromatic carbocycles. The standard InChI is InChI=1S/C10H14FN2O16P3/c11-10(3-26-31(22,23)29-32(24,25)28-30(19,20)21)6(16)5(15)8(27-10)13-1-4(2-14)7(17)12-9(13)18/h1-2,5-6,8,15-16H,3H2,(H,22,23)(H,24,25)(H,12,17,18)(H2,19,20,21)/t5-,6+,8-,10-/m1/s1. The van der Waals surface area contributed by atoms with Crippen molar-refractivity contribution in [3.63, 3.8) is 0 Å². The number of hydrogen-bond acceptors (Lipinski definition) is 12. The van der Waals surface area contributed by atoms with Crippen LogP contribution in [-0.4, -0.2) is 70.3 Å². The number of ether oxygens (including phenoxy) is 1. The molecular formula is C10H14FN2O16P3. The summed E-state index contributed by atoms with van der Waals surface area (Å²) in [6.07, 6.45) is -6.43. The molecule has 1 aliphatic heterocycles. The van der Waals surface area contributed by atoms with Crippen LogP contribution in [0.2, 0.25) is 0 Å². The van der Waals surface area contributed by atoms with Gasteiger partial charge in [-0.1, -0.05) is 0 Å². The first-order valence-electron chi connectivity index (χ1n) is 7.71. The minimum Gasteiger partial charge on any atom is -0.385 e. The van der Waals surface area contributed by atoms with Gasteiger partial charge in [-0.05, 0) is 0 Å². The highest BCUT2D eigenvalue weighted by atomic mass is 31.3. The number of H-pyrrole nitrogens is 1. The lowest BCUT2D eigenvalue weighted by molar-refractivity contribution is -0.204. The van der Waals surface area contributed by atoms with E-state index in [0.29, 0.717) is 10.8 Å². The molecule has 6 atom stereocenters. The quantitative estimate of drug-likeness (QED) is 0.129. The second-order valence-corrected chi connectivity index (χ2v) is 10.4. The monoisotopic (exact) mass is 530 g/mol. The van der Waals surface area contributed by atoms with E-state index in [-0.39, 0.29) is 6.29 Å². The summed E-state index contributed by atoms with van der Waals surface area (Å²) in [6, 6.07) is 0. The molecule has 2 unspecified atom stereocenters. The summed E-state index contributed by atoms with van der Waals surface area (Å²) in [5, 5.41) is 19.9. The Morgan fingerprint density at radius 1 is 1.16 bits per heavy atom. The number of hydrogen-bond donors (Lipinski definition) is 7. The number of aldehydes is 1. The molecule has 0 aliphatic carbocycles. The van der Waals surface area contributed by atoms with Gasteiger partial charge in [0.05, 0.1) is 5.56 Å². The summed E-state index contributed by atoms with van der Waals surface area (Å²) in [6.45, 7) is -1.82. The first-order chi connectivity index (χ1) is 14.4. The third-order valence-electron chi connectivity index (χ3n) is 3.61. The predicted octanol–water partition coefficient (Wildman–Crippen LogP) is -2.39. The van der Waals surface area contributed by atoms with E-state index in [4.69, 9.17) is 14.7 Å². The Morgan fingerprint density at radius 2 is 1.75 bits per heavy atom. The van der Waals surface area contributed by atoms with Gasteiger partial charge >= 0.3 is 29.2 Å². The van der Waals surface area contributed by atoms with Crippen LogP contribution in [0.15, 0.2) is 15.8 Å². The van der Waals surface area contributed by atoms with Gasteiger partial charge in [-0.25, -0.2) is 22.9 Å². The highest BCUT2D eigenvalue weighted by Crippen LogP contribution is 2.66. The predicted molar refractivity (Wildman–Crippen MR) is 92.5 cm³/mol. The molecule has 0 radical (unpaired) electrons. The number of aliphatic hydroxyl groups excluding tert-OH is 2. The summed E-state index contributed by atoms with van der Waals surface area (Å²) in [5.41, 5.74) is -3.10. The largest absolute Gasteiger partial charge is 0.490 e. The second-order valence-electron chi connectivity index (χ2n) is 5.96. The molecule has 22 heteroatoms. The first-order valence-corrected chi connectivity index (χ1v) is 12.2. The molecule has 0 spiro atoms. The van der Waals surface area contributed by atoms with Gasteiger partial charge in [0, 0.05) is 6.20 Å². The smallest absolute Gasteiger partial charge is 0.385 e. The number of aliphatic hydroxyl groups is 2. The molecular weight excluding hydrogens is 516 g/mol. The van der Waals surface area contributed by atoms with Gasteiger partial charge in [0.1, 0.15) is 18.8 Å². The summed E-state index contributed by atoms with van der Waals surface area (Å²) in [5.74, 6) is -3.59. The van der Waals surface area contributed by atoms with Crippen LogP contribution in [0.5, 0.6) is 0 Å². The summed E-state index contributed by atoms with van der Waals surface area (Å²) in [7, 11) is -17.4. The van der Waals surface area contributed by atoms with E-state index >= 15 is 0 Å². The number of phosphoric ester groups is 1. The van der Waals surface area contributed by atoms with Gasteiger partial charge in [-0.15, -0.1) is 0 Å². The molecule has 0 bridgehead atoms. The van der Waals surface area contributed by atoms with E-state index in [0.717, 1.165) is 0 Å². The first kappa shape index (κ1) is 26.8. The lowest BCUT2D eigenvalue weighted by Crippen LogP contribution is -2.43. The number of aromatic amines is 1. The van der Waals surface area contributed by atoms with Crippen LogP contribution in [0.3, 0.4) is 0 Å². The molecule has 18 nitrogen and oxygen atoms in total. The number of aromatic nitrogens is 2. The van der Waals surface area contributed by atoms with Crippen LogP contribution >= 0.6 is 23.5 Å². The highest BCUT2D eigenvalue weighted by molar-refractivity contribution is 7.66. The average Bonchev–Trinajstić information content (AvgIpc) is 2.82. The van der Waals surface area contributed by atoms with E-state index in [9.17, 15) is 47.6 Å². The van der Waals surface area contributed by atoms with E-state index in [1.807, 2.05) is 0 Å². The SMILES string of the molecule is O=Cc1cn([C@@H]2O[C@](F)(COP(=O)(O)OP(=O)(O)OP(=O)(O)O)[C@@H](O)[C@H]2O)c(=O)[nH]c1=O. The number of nitrogens with one attached hydrogen (secondary N) is 1. The fraction of sp³-hybridized carbons (Fsp3) is 0.500. The third kappa shape index (κ3) is 6.33. The van der Waals surface area contributed by atoms with Crippen molar-refractivity contribution in [3.05, 3.63) is 32.6 Å². The van der Waals surface area contributed by atoms with E-state index in [1.54, 1.807) is 4.98 Å². The Bertz CT molecular complexity index is 1140. The Morgan fingerprint density at radius 3 is 2.28 bits per heavy atom. The summed E-state index contributed by atoms with van der Waals surface area (Å²) in [4.78, 5) is 71.0. The van der Waals surface area contributed by atoms with Gasteiger partial charge in [-0.2, -0.15) is 8.62 Å². The van der Waals surface area contributed by atoms with Crippen molar-refractivity contribution in [2.45, 2.75) is 24.3 Å². The number of alkyl halides is 1. The minimum absolute atomic E-state index is 0.00455. The number of rotatable bonds is 9. The van der Waals surface area contributed by atoms with E-state index in [2.05, 4.69) is 17.9 Å². The van der Waals surface area contributed by atoms with Crippen molar-refractivity contribution in [2.24, 2.45) is 0 Å². The zero-order valence-electron chi connectivity index (χ0n) is 15.0. The van der Waals surface area contributed by atoms with E-state index in [1.165, 1.54) is 0 Å². The van der Waals surface area contributed by atoms with Crippen molar-refractivity contribution in [1.82, 2.24) is 9.55 Å². The lowest BCUT2D eigenvalue weighted by atomic mass is 10.1. The zero-order valence-corrected chi connectivity index (χ0v) is 17.7. The minimum atomic E-state index is -5.92. The third-order valence-corrected chi connectivity index (χ3v) is 7.39. The zero-order chi connectivity index (χ0) is 24.7. The van der Waals surface area contributed by atoms with Gasteiger partial charge in [0.2, 0.25) is 0 Å². The second kappa shape index (κ2) is 9.08. The molecule has 1 aliphatic rings.